The molecule has 1 aliphatic carbocycles. The Morgan fingerprint density at radius 3 is 2.58 bits per heavy atom. The fourth-order valence-electron chi connectivity index (χ4n) is 4.74. The summed E-state index contributed by atoms with van der Waals surface area (Å²) in [6, 6.07) is 5.94. The van der Waals surface area contributed by atoms with Gasteiger partial charge in [0.05, 0.1) is 0 Å². The Balaban J connectivity index is 0.00000385. The zero-order valence-electron chi connectivity index (χ0n) is 20.2. The zero-order valence-corrected chi connectivity index (χ0v) is 22.6. The number of anilines is 1. The predicted molar refractivity (Wildman–Crippen MR) is 144 cm³/mol. The van der Waals surface area contributed by atoms with Gasteiger partial charge >= 0.3 is 0 Å². The third kappa shape index (κ3) is 8.59. The molecule has 0 bridgehead atoms. The Bertz CT molecular complexity index is 719. The largest absolute Gasteiger partial charge is 0.382 e. The van der Waals surface area contributed by atoms with Gasteiger partial charge in [0.2, 0.25) is 5.91 Å². The normalized spacial score (nSPS) is 18.1. The molecule has 2 fully saturated rings. The van der Waals surface area contributed by atoms with Crippen molar-refractivity contribution in [2.75, 3.05) is 64.4 Å². The molecule has 0 aromatic carbocycles. The van der Waals surface area contributed by atoms with Crippen LogP contribution in [0.4, 0.5) is 5.82 Å². The van der Waals surface area contributed by atoms with Crippen molar-refractivity contribution in [3.8, 4) is 0 Å². The van der Waals surface area contributed by atoms with Gasteiger partial charge in [0, 0.05) is 72.1 Å². The number of amides is 1. The lowest BCUT2D eigenvalue weighted by Crippen LogP contribution is -2.50. The molecule has 0 atom stereocenters. The molecule has 1 saturated carbocycles. The molecule has 3 rings (SSSR count). The van der Waals surface area contributed by atoms with E-state index in [0.29, 0.717) is 18.4 Å². The summed E-state index contributed by atoms with van der Waals surface area (Å²) in [6.07, 6.45) is 8.45. The van der Waals surface area contributed by atoms with E-state index in [9.17, 15) is 4.79 Å². The number of aromatic nitrogens is 1. The van der Waals surface area contributed by atoms with Gasteiger partial charge in [-0.2, -0.15) is 0 Å². The van der Waals surface area contributed by atoms with E-state index in [1.807, 2.05) is 36.2 Å². The lowest BCUT2D eigenvalue weighted by atomic mass is 9.83. The number of nitrogens with one attached hydrogen (secondary N) is 2. The molecule has 0 spiro atoms. The summed E-state index contributed by atoms with van der Waals surface area (Å²) >= 11 is 0. The lowest BCUT2D eigenvalue weighted by Gasteiger charge is -2.35. The number of aliphatic imine (C=N–C) groups is 1. The molecule has 2 heterocycles. The number of halogens is 1. The number of piperazine rings is 1. The Labute approximate surface area is 216 Å². The second-order valence-corrected chi connectivity index (χ2v) is 8.81. The second-order valence-electron chi connectivity index (χ2n) is 8.81. The minimum atomic E-state index is 0. The first-order chi connectivity index (χ1) is 15.7. The van der Waals surface area contributed by atoms with Gasteiger partial charge < -0.3 is 25.2 Å². The van der Waals surface area contributed by atoms with Gasteiger partial charge in [0.15, 0.2) is 5.96 Å². The molecule has 186 valence electrons. The Morgan fingerprint density at radius 2 is 1.94 bits per heavy atom. The number of carbonyl (C=O) groups is 1. The summed E-state index contributed by atoms with van der Waals surface area (Å²) in [6.45, 7) is 8.27. The smallest absolute Gasteiger partial charge is 0.224 e. The maximum atomic E-state index is 12.7. The molecule has 1 aromatic rings. The Hall–Kier alpha value is -1.62. The van der Waals surface area contributed by atoms with E-state index in [1.165, 1.54) is 25.7 Å². The van der Waals surface area contributed by atoms with E-state index in [-0.39, 0.29) is 29.9 Å². The van der Waals surface area contributed by atoms with Crippen LogP contribution in [-0.4, -0.2) is 81.3 Å². The van der Waals surface area contributed by atoms with Crippen LogP contribution in [-0.2, 0) is 9.53 Å². The van der Waals surface area contributed by atoms with E-state index in [4.69, 9.17) is 4.74 Å². The third-order valence-corrected chi connectivity index (χ3v) is 6.74. The third-order valence-electron chi connectivity index (χ3n) is 6.74. The fourth-order valence-corrected chi connectivity index (χ4v) is 4.74. The van der Waals surface area contributed by atoms with Crippen molar-refractivity contribution in [1.82, 2.24) is 20.5 Å². The van der Waals surface area contributed by atoms with Crippen molar-refractivity contribution in [1.29, 1.82) is 0 Å². The Morgan fingerprint density at radius 1 is 1.18 bits per heavy atom. The van der Waals surface area contributed by atoms with Crippen molar-refractivity contribution in [3.63, 3.8) is 0 Å². The van der Waals surface area contributed by atoms with Crippen LogP contribution in [0.2, 0.25) is 0 Å². The molecule has 1 saturated heterocycles. The summed E-state index contributed by atoms with van der Waals surface area (Å²) in [5.74, 6) is 1.95. The van der Waals surface area contributed by atoms with Gasteiger partial charge in [-0.3, -0.25) is 9.79 Å². The number of hydrogen-bond acceptors (Lipinski definition) is 5. The molecule has 0 unspecified atom stereocenters. The number of carbonyl (C=O) groups excluding carboxylic acids is 1. The van der Waals surface area contributed by atoms with Crippen molar-refractivity contribution in [2.24, 2.45) is 10.4 Å². The first kappa shape index (κ1) is 27.6. The first-order valence-electron chi connectivity index (χ1n) is 12.1. The van der Waals surface area contributed by atoms with Crippen LogP contribution in [0.1, 0.15) is 45.4 Å². The maximum Gasteiger partial charge on any atom is 0.224 e. The number of guanidine groups is 1. The van der Waals surface area contributed by atoms with Crippen molar-refractivity contribution < 1.29 is 9.53 Å². The summed E-state index contributed by atoms with van der Waals surface area (Å²) in [4.78, 5) is 25.6. The minimum absolute atomic E-state index is 0. The summed E-state index contributed by atoms with van der Waals surface area (Å²) < 4.78 is 5.61. The topological polar surface area (TPSA) is 82.1 Å². The Kier molecular flexibility index (Phi) is 12.2. The maximum absolute atomic E-state index is 12.7. The van der Waals surface area contributed by atoms with E-state index in [0.717, 1.165) is 64.1 Å². The van der Waals surface area contributed by atoms with Crippen LogP contribution in [0.15, 0.2) is 29.4 Å². The number of pyridine rings is 1. The minimum Gasteiger partial charge on any atom is -0.382 e. The van der Waals surface area contributed by atoms with Crippen LogP contribution in [0.3, 0.4) is 0 Å². The molecule has 33 heavy (non-hydrogen) atoms. The average Bonchev–Trinajstić information content (AvgIpc) is 3.31. The highest BCUT2D eigenvalue weighted by molar-refractivity contribution is 14.0. The monoisotopic (exact) mass is 572 g/mol. The van der Waals surface area contributed by atoms with Crippen LogP contribution < -0.4 is 15.5 Å². The van der Waals surface area contributed by atoms with Gasteiger partial charge in [-0.25, -0.2) is 4.98 Å². The lowest BCUT2D eigenvalue weighted by molar-refractivity contribution is -0.131. The van der Waals surface area contributed by atoms with Crippen molar-refractivity contribution >= 4 is 41.7 Å². The number of nitrogens with zero attached hydrogens (tertiary/aromatic N) is 4. The van der Waals surface area contributed by atoms with Crippen molar-refractivity contribution in [3.05, 3.63) is 24.4 Å². The zero-order chi connectivity index (χ0) is 22.7. The predicted octanol–water partition coefficient (Wildman–Crippen LogP) is 2.89. The molecular weight excluding hydrogens is 531 g/mol. The molecule has 1 amide bonds. The summed E-state index contributed by atoms with van der Waals surface area (Å²) in [5.41, 5.74) is 0.301. The number of rotatable bonds is 10. The van der Waals surface area contributed by atoms with Gasteiger partial charge in [0.1, 0.15) is 5.82 Å². The van der Waals surface area contributed by atoms with Crippen LogP contribution in [0, 0.1) is 5.41 Å². The first-order valence-corrected chi connectivity index (χ1v) is 12.1. The molecule has 1 aliphatic heterocycles. The molecule has 8 nitrogen and oxygen atoms in total. The van der Waals surface area contributed by atoms with Gasteiger partial charge in [0.25, 0.3) is 0 Å². The average molecular weight is 573 g/mol. The number of hydrogen-bond donors (Lipinski definition) is 2. The highest BCUT2D eigenvalue weighted by Crippen LogP contribution is 2.40. The summed E-state index contributed by atoms with van der Waals surface area (Å²) in [5, 5.41) is 6.82. The van der Waals surface area contributed by atoms with Gasteiger partial charge in [-0.15, -0.1) is 24.0 Å². The molecule has 0 radical (unpaired) electrons. The molecule has 2 N–H and O–H groups in total. The van der Waals surface area contributed by atoms with Crippen molar-refractivity contribution in [2.45, 2.75) is 45.4 Å². The second kappa shape index (κ2) is 14.6. The molecule has 1 aromatic heterocycles. The standard InChI is InChI=1S/C24H40N6O2.HI/c1-3-32-19-12-24(10-5-6-11-24)20-28-23(25-2)27-14-9-22(31)30-17-15-29(16-18-30)21-8-4-7-13-26-21;/h4,7-8,13H,3,5-6,9-12,14-20H2,1-2H3,(H2,25,27,28);1H. The quantitative estimate of drug-likeness (QED) is 0.194. The van der Waals surface area contributed by atoms with Gasteiger partial charge in [-0.05, 0) is 43.7 Å². The van der Waals surface area contributed by atoms with E-state index in [1.54, 1.807) is 7.05 Å². The van der Waals surface area contributed by atoms with E-state index >= 15 is 0 Å². The van der Waals surface area contributed by atoms with E-state index in [2.05, 4.69) is 25.5 Å². The van der Waals surface area contributed by atoms with Crippen LogP contribution >= 0.6 is 24.0 Å². The highest BCUT2D eigenvalue weighted by Gasteiger charge is 2.33. The van der Waals surface area contributed by atoms with Gasteiger partial charge in [-0.1, -0.05) is 18.9 Å². The molecule has 9 heteroatoms. The van der Waals surface area contributed by atoms with E-state index < -0.39 is 0 Å². The SMILES string of the molecule is CCOCCC1(CNC(=NC)NCCC(=O)N2CCN(c3ccccn3)CC2)CCCC1.I. The van der Waals surface area contributed by atoms with Crippen LogP contribution in [0.5, 0.6) is 0 Å². The number of ether oxygens (including phenoxy) is 1. The highest BCUT2D eigenvalue weighted by atomic mass is 127. The fraction of sp³-hybridized carbons (Fsp3) is 0.708. The molecule has 2 aliphatic rings. The summed E-state index contributed by atoms with van der Waals surface area (Å²) in [7, 11) is 1.79. The molecular formula is C24H41IN6O2. The van der Waals surface area contributed by atoms with Crippen LogP contribution in [0.25, 0.3) is 0 Å².